The number of anilines is 1. The van der Waals surface area contributed by atoms with E-state index in [4.69, 9.17) is 4.74 Å². The zero-order valence-corrected chi connectivity index (χ0v) is 9.21. The Morgan fingerprint density at radius 3 is 3.00 bits per heavy atom. The second kappa shape index (κ2) is 5.65. The smallest absolute Gasteiger partial charge is 0.202 e. The summed E-state index contributed by atoms with van der Waals surface area (Å²) < 4.78 is 7.40. The lowest BCUT2D eigenvalue weighted by molar-refractivity contribution is 0.142. The molecule has 0 aliphatic rings. The van der Waals surface area contributed by atoms with Gasteiger partial charge < -0.3 is 14.6 Å². The van der Waals surface area contributed by atoms with Gasteiger partial charge in [-0.15, -0.1) is 0 Å². The minimum atomic E-state index is 0.793. The van der Waals surface area contributed by atoms with Crippen molar-refractivity contribution in [3.63, 3.8) is 0 Å². The van der Waals surface area contributed by atoms with Crippen LogP contribution in [0.5, 0.6) is 0 Å². The van der Waals surface area contributed by atoms with Crippen LogP contribution in [0.3, 0.4) is 0 Å². The van der Waals surface area contributed by atoms with Crippen LogP contribution in [0.15, 0.2) is 6.20 Å². The van der Waals surface area contributed by atoms with E-state index in [-0.39, 0.29) is 0 Å². The molecule has 0 aromatic carbocycles. The molecule has 0 spiro atoms. The average molecular weight is 197 g/mol. The van der Waals surface area contributed by atoms with Crippen molar-refractivity contribution in [2.75, 3.05) is 25.6 Å². The van der Waals surface area contributed by atoms with E-state index in [1.165, 1.54) is 0 Å². The van der Waals surface area contributed by atoms with Crippen molar-refractivity contribution >= 4 is 5.95 Å². The van der Waals surface area contributed by atoms with E-state index in [0.29, 0.717) is 0 Å². The second-order valence-electron chi connectivity index (χ2n) is 3.20. The van der Waals surface area contributed by atoms with Crippen LogP contribution in [0.2, 0.25) is 0 Å². The first kappa shape index (κ1) is 11.0. The Morgan fingerprint density at radius 1 is 1.57 bits per heavy atom. The van der Waals surface area contributed by atoms with Gasteiger partial charge in [0, 0.05) is 33.0 Å². The Bertz CT molecular complexity index is 270. The third-order valence-electron chi connectivity index (χ3n) is 2.01. The number of ether oxygens (including phenoxy) is 1. The summed E-state index contributed by atoms with van der Waals surface area (Å²) in [7, 11) is 1.89. The van der Waals surface area contributed by atoms with Crippen molar-refractivity contribution in [1.82, 2.24) is 9.55 Å². The maximum absolute atomic E-state index is 5.28. The molecule has 14 heavy (non-hydrogen) atoms. The summed E-state index contributed by atoms with van der Waals surface area (Å²) in [6.07, 6.45) is 3.08. The fourth-order valence-electron chi connectivity index (χ4n) is 1.40. The number of aryl methyl sites for hydroxylation is 2. The first-order valence-electron chi connectivity index (χ1n) is 5.07. The van der Waals surface area contributed by atoms with E-state index in [9.17, 15) is 0 Å². The fourth-order valence-corrected chi connectivity index (χ4v) is 1.40. The molecule has 0 fully saturated rings. The lowest BCUT2D eigenvalue weighted by Crippen LogP contribution is -2.05. The molecule has 1 N–H and O–H groups in total. The maximum Gasteiger partial charge on any atom is 0.202 e. The number of hydrogen-bond donors (Lipinski definition) is 1. The van der Waals surface area contributed by atoms with E-state index in [1.54, 1.807) is 0 Å². The molecule has 4 heteroatoms. The number of hydrogen-bond acceptors (Lipinski definition) is 3. The van der Waals surface area contributed by atoms with E-state index in [1.807, 2.05) is 20.9 Å². The minimum Gasteiger partial charge on any atom is -0.382 e. The van der Waals surface area contributed by atoms with Crippen molar-refractivity contribution in [3.05, 3.63) is 11.9 Å². The molecule has 0 radical (unpaired) electrons. The second-order valence-corrected chi connectivity index (χ2v) is 3.20. The van der Waals surface area contributed by atoms with Gasteiger partial charge in [0.2, 0.25) is 5.95 Å². The van der Waals surface area contributed by atoms with Crippen molar-refractivity contribution in [3.8, 4) is 0 Å². The molecule has 0 aliphatic heterocycles. The standard InChI is InChI=1S/C10H19N3O/c1-4-14-7-5-6-13-8-9(2)12-10(13)11-3/h8H,4-7H2,1-3H3,(H,11,12). The SMILES string of the molecule is CCOCCCn1cc(C)nc1NC. The van der Waals surface area contributed by atoms with Gasteiger partial charge in [0.05, 0.1) is 5.69 Å². The normalized spacial score (nSPS) is 10.5. The topological polar surface area (TPSA) is 39.1 Å². The fraction of sp³-hybridized carbons (Fsp3) is 0.700. The molecule has 1 heterocycles. The highest BCUT2D eigenvalue weighted by Crippen LogP contribution is 2.07. The first-order chi connectivity index (χ1) is 6.77. The maximum atomic E-state index is 5.28. The Morgan fingerprint density at radius 2 is 2.36 bits per heavy atom. The summed E-state index contributed by atoms with van der Waals surface area (Å²) in [5.74, 6) is 0.930. The highest BCUT2D eigenvalue weighted by molar-refractivity contribution is 5.27. The molecule has 0 bridgehead atoms. The lowest BCUT2D eigenvalue weighted by Gasteiger charge is -2.06. The molecule has 1 aromatic heterocycles. The molecular weight excluding hydrogens is 178 g/mol. The Kier molecular flexibility index (Phi) is 4.46. The van der Waals surface area contributed by atoms with Gasteiger partial charge in [-0.1, -0.05) is 0 Å². The van der Waals surface area contributed by atoms with Crippen LogP contribution in [0, 0.1) is 6.92 Å². The number of nitrogens with zero attached hydrogens (tertiary/aromatic N) is 2. The monoisotopic (exact) mass is 197 g/mol. The molecule has 0 unspecified atom stereocenters. The van der Waals surface area contributed by atoms with Crippen LogP contribution in [-0.4, -0.2) is 29.8 Å². The van der Waals surface area contributed by atoms with Gasteiger partial charge in [-0.2, -0.15) is 0 Å². The Hall–Kier alpha value is -1.03. The van der Waals surface area contributed by atoms with Crippen molar-refractivity contribution in [2.45, 2.75) is 26.8 Å². The predicted octanol–water partition coefficient (Wildman–Crippen LogP) is 1.66. The summed E-state index contributed by atoms with van der Waals surface area (Å²) >= 11 is 0. The van der Waals surface area contributed by atoms with Crippen LogP contribution in [0.1, 0.15) is 19.0 Å². The van der Waals surface area contributed by atoms with Crippen LogP contribution in [-0.2, 0) is 11.3 Å². The third-order valence-corrected chi connectivity index (χ3v) is 2.01. The van der Waals surface area contributed by atoms with Crippen LogP contribution < -0.4 is 5.32 Å². The Balaban J connectivity index is 2.41. The van der Waals surface area contributed by atoms with Crippen LogP contribution in [0.25, 0.3) is 0 Å². The molecule has 0 amide bonds. The Labute approximate surface area is 85.3 Å². The molecule has 0 aliphatic carbocycles. The number of imidazole rings is 1. The van der Waals surface area contributed by atoms with Gasteiger partial charge in [-0.05, 0) is 20.3 Å². The molecule has 1 rings (SSSR count). The van der Waals surface area contributed by atoms with Gasteiger partial charge in [-0.25, -0.2) is 4.98 Å². The van der Waals surface area contributed by atoms with Gasteiger partial charge in [-0.3, -0.25) is 0 Å². The summed E-state index contributed by atoms with van der Waals surface area (Å²) in [5, 5.41) is 3.07. The van der Waals surface area contributed by atoms with Crippen molar-refractivity contribution < 1.29 is 4.74 Å². The molecule has 4 nitrogen and oxygen atoms in total. The summed E-state index contributed by atoms with van der Waals surface area (Å²) in [6.45, 7) is 6.58. The first-order valence-corrected chi connectivity index (χ1v) is 5.07. The van der Waals surface area contributed by atoms with E-state index < -0.39 is 0 Å². The van der Waals surface area contributed by atoms with E-state index in [2.05, 4.69) is 21.1 Å². The largest absolute Gasteiger partial charge is 0.382 e. The number of aromatic nitrogens is 2. The van der Waals surface area contributed by atoms with Crippen molar-refractivity contribution in [2.24, 2.45) is 0 Å². The molecule has 0 saturated carbocycles. The quantitative estimate of drug-likeness (QED) is 0.705. The van der Waals surface area contributed by atoms with Gasteiger partial charge in [0.15, 0.2) is 0 Å². The van der Waals surface area contributed by atoms with Gasteiger partial charge in [0.1, 0.15) is 0 Å². The molecule has 80 valence electrons. The van der Waals surface area contributed by atoms with Crippen LogP contribution >= 0.6 is 0 Å². The summed E-state index contributed by atoms with van der Waals surface area (Å²) in [5.41, 5.74) is 1.05. The lowest BCUT2D eigenvalue weighted by atomic mass is 10.4. The molecule has 0 atom stereocenters. The highest BCUT2D eigenvalue weighted by Gasteiger charge is 2.02. The average Bonchev–Trinajstić information content (AvgIpc) is 2.54. The number of rotatable bonds is 6. The summed E-state index contributed by atoms with van der Waals surface area (Å²) in [6, 6.07) is 0. The van der Waals surface area contributed by atoms with E-state index >= 15 is 0 Å². The minimum absolute atomic E-state index is 0.793. The summed E-state index contributed by atoms with van der Waals surface area (Å²) in [4.78, 5) is 4.34. The van der Waals surface area contributed by atoms with Gasteiger partial charge >= 0.3 is 0 Å². The zero-order valence-electron chi connectivity index (χ0n) is 9.21. The van der Waals surface area contributed by atoms with E-state index in [0.717, 1.165) is 37.8 Å². The molecule has 1 aromatic rings. The highest BCUT2D eigenvalue weighted by atomic mass is 16.5. The molecule has 0 saturated heterocycles. The predicted molar refractivity (Wildman–Crippen MR) is 57.6 cm³/mol. The van der Waals surface area contributed by atoms with Crippen LogP contribution in [0.4, 0.5) is 5.95 Å². The number of nitrogens with one attached hydrogen (secondary N) is 1. The van der Waals surface area contributed by atoms with Gasteiger partial charge in [0.25, 0.3) is 0 Å². The zero-order chi connectivity index (χ0) is 10.4. The molecular formula is C10H19N3O. The van der Waals surface area contributed by atoms with Crippen molar-refractivity contribution in [1.29, 1.82) is 0 Å². The third kappa shape index (κ3) is 3.03.